The Kier molecular flexibility index (Phi) is 5.14. The zero-order valence-corrected chi connectivity index (χ0v) is 19.1. The van der Waals surface area contributed by atoms with Gasteiger partial charge in [0.2, 0.25) is 5.88 Å². The number of ether oxygens (including phenoxy) is 1. The molecular weight excluding hydrogens is 420 g/mol. The highest BCUT2D eigenvalue weighted by Crippen LogP contribution is 2.35. The van der Waals surface area contributed by atoms with E-state index in [9.17, 15) is 0 Å². The first kappa shape index (κ1) is 20.3. The summed E-state index contributed by atoms with van der Waals surface area (Å²) >= 11 is 1.61. The Morgan fingerprint density at radius 3 is 2.59 bits per heavy atom. The fourth-order valence-corrected chi connectivity index (χ4v) is 4.44. The Balaban J connectivity index is 1.63. The number of nitrogens with zero attached hydrogens (tertiary/aromatic N) is 6. The van der Waals surface area contributed by atoms with Crippen LogP contribution in [0.5, 0.6) is 5.88 Å². The number of thiazole rings is 1. The lowest BCUT2D eigenvalue weighted by molar-refractivity contribution is 0.212. The van der Waals surface area contributed by atoms with Gasteiger partial charge >= 0.3 is 0 Å². The Bertz CT molecular complexity index is 1410. The normalized spacial score (nSPS) is 12.2. The lowest BCUT2D eigenvalue weighted by Crippen LogP contribution is -2.07. The van der Waals surface area contributed by atoms with Gasteiger partial charge in [0.05, 0.1) is 16.7 Å². The molecule has 0 aliphatic heterocycles. The average molecular weight is 443 g/mol. The molecule has 0 saturated heterocycles. The number of fused-ring (bicyclic) bond motifs is 1. The van der Waals surface area contributed by atoms with Crippen LogP contribution < -0.4 is 4.74 Å². The minimum atomic E-state index is -0.212. The van der Waals surface area contributed by atoms with Crippen LogP contribution in [-0.4, -0.2) is 29.7 Å². The molecule has 0 bridgehead atoms. The highest BCUT2D eigenvalue weighted by atomic mass is 32.1. The van der Waals surface area contributed by atoms with Gasteiger partial charge in [0.25, 0.3) is 0 Å². The van der Waals surface area contributed by atoms with Crippen molar-refractivity contribution in [1.82, 2.24) is 29.7 Å². The van der Waals surface area contributed by atoms with E-state index >= 15 is 0 Å². The van der Waals surface area contributed by atoms with E-state index in [1.807, 2.05) is 75.9 Å². The zero-order chi connectivity index (χ0) is 22.2. The Labute approximate surface area is 189 Å². The summed E-state index contributed by atoms with van der Waals surface area (Å²) in [5, 5.41) is 4.69. The lowest BCUT2D eigenvalue weighted by atomic mass is 10.0. The van der Waals surface area contributed by atoms with Crippen LogP contribution in [-0.2, 0) is 7.05 Å². The van der Waals surface area contributed by atoms with Crippen LogP contribution in [0, 0.1) is 13.8 Å². The van der Waals surface area contributed by atoms with Gasteiger partial charge in [-0.3, -0.25) is 4.68 Å². The Morgan fingerprint density at radius 1 is 1.03 bits per heavy atom. The molecule has 0 spiro atoms. The van der Waals surface area contributed by atoms with Gasteiger partial charge < -0.3 is 4.74 Å². The van der Waals surface area contributed by atoms with Crippen molar-refractivity contribution in [1.29, 1.82) is 0 Å². The highest BCUT2D eigenvalue weighted by molar-refractivity contribution is 7.09. The van der Waals surface area contributed by atoms with Crippen molar-refractivity contribution in [3.8, 4) is 28.4 Å². The third kappa shape index (κ3) is 3.62. The molecule has 7 nitrogen and oxygen atoms in total. The molecule has 0 amide bonds. The van der Waals surface area contributed by atoms with Crippen molar-refractivity contribution >= 4 is 22.4 Å². The SMILES string of the molecule is Cc1cc2ncnc(-c3cn(C)nc3-c3ccccc3)c2nc1OC(C)c1ncsc1C. The molecule has 1 atom stereocenters. The molecule has 32 heavy (non-hydrogen) atoms. The Morgan fingerprint density at radius 2 is 1.84 bits per heavy atom. The summed E-state index contributed by atoms with van der Waals surface area (Å²) in [6.45, 7) is 6.01. The number of rotatable bonds is 5. The van der Waals surface area contributed by atoms with Gasteiger partial charge in [0.1, 0.15) is 29.3 Å². The largest absolute Gasteiger partial charge is 0.468 e. The van der Waals surface area contributed by atoms with Gasteiger partial charge in [-0.05, 0) is 26.8 Å². The molecule has 5 aromatic rings. The summed E-state index contributed by atoms with van der Waals surface area (Å²) in [7, 11) is 1.91. The van der Waals surface area contributed by atoms with Crippen molar-refractivity contribution in [3.63, 3.8) is 0 Å². The molecule has 0 radical (unpaired) electrons. The third-order valence-corrected chi connectivity index (χ3v) is 6.11. The number of pyridine rings is 1. The molecule has 160 valence electrons. The van der Waals surface area contributed by atoms with Crippen LogP contribution in [0.15, 0.2) is 54.4 Å². The maximum atomic E-state index is 6.25. The van der Waals surface area contributed by atoms with E-state index < -0.39 is 0 Å². The quantitative estimate of drug-likeness (QED) is 0.367. The predicted molar refractivity (Wildman–Crippen MR) is 126 cm³/mol. The van der Waals surface area contributed by atoms with E-state index in [0.29, 0.717) is 11.4 Å². The fourth-order valence-electron chi connectivity index (χ4n) is 3.78. The van der Waals surface area contributed by atoms with Gasteiger partial charge in [0.15, 0.2) is 0 Å². The van der Waals surface area contributed by atoms with Gasteiger partial charge in [-0.25, -0.2) is 19.9 Å². The molecule has 0 N–H and O–H groups in total. The summed E-state index contributed by atoms with van der Waals surface area (Å²) in [6, 6.07) is 12.1. The predicted octanol–water partition coefficient (Wildman–Crippen LogP) is 5.31. The van der Waals surface area contributed by atoms with Gasteiger partial charge in [-0.1, -0.05) is 30.3 Å². The van der Waals surface area contributed by atoms with Crippen LogP contribution >= 0.6 is 11.3 Å². The van der Waals surface area contributed by atoms with Crippen molar-refractivity contribution in [2.24, 2.45) is 7.05 Å². The van der Waals surface area contributed by atoms with E-state index in [2.05, 4.69) is 20.1 Å². The average Bonchev–Trinajstić information content (AvgIpc) is 3.40. The fraction of sp³-hybridized carbons (Fsp3) is 0.208. The molecule has 0 saturated carbocycles. The number of benzene rings is 1. The van der Waals surface area contributed by atoms with Crippen molar-refractivity contribution < 1.29 is 4.74 Å². The van der Waals surface area contributed by atoms with E-state index in [0.717, 1.165) is 44.2 Å². The summed E-state index contributed by atoms with van der Waals surface area (Å²) in [5.74, 6) is 0.554. The maximum Gasteiger partial charge on any atom is 0.217 e. The van der Waals surface area contributed by atoms with Crippen LogP contribution in [0.2, 0.25) is 0 Å². The van der Waals surface area contributed by atoms with Crippen molar-refractivity contribution in [3.05, 3.63) is 70.6 Å². The van der Waals surface area contributed by atoms with Gasteiger partial charge in [0, 0.05) is 34.8 Å². The second-order valence-electron chi connectivity index (χ2n) is 7.69. The molecule has 0 fully saturated rings. The third-order valence-electron chi connectivity index (χ3n) is 5.34. The van der Waals surface area contributed by atoms with Crippen molar-refractivity contribution in [2.75, 3.05) is 0 Å². The van der Waals surface area contributed by atoms with Crippen molar-refractivity contribution in [2.45, 2.75) is 26.9 Å². The van der Waals surface area contributed by atoms with E-state index in [1.165, 1.54) is 0 Å². The first-order chi connectivity index (χ1) is 15.5. The molecule has 1 unspecified atom stereocenters. The first-order valence-electron chi connectivity index (χ1n) is 10.3. The summed E-state index contributed by atoms with van der Waals surface area (Å²) in [4.78, 5) is 19.5. The summed E-state index contributed by atoms with van der Waals surface area (Å²) < 4.78 is 8.04. The smallest absolute Gasteiger partial charge is 0.217 e. The lowest BCUT2D eigenvalue weighted by Gasteiger charge is -2.15. The number of aryl methyl sites for hydroxylation is 3. The molecule has 4 aromatic heterocycles. The topological polar surface area (TPSA) is 78.6 Å². The van der Waals surface area contributed by atoms with E-state index in [4.69, 9.17) is 9.72 Å². The number of hydrogen-bond acceptors (Lipinski definition) is 7. The van der Waals surface area contributed by atoms with Crippen LogP contribution in [0.1, 0.15) is 29.2 Å². The monoisotopic (exact) mass is 442 g/mol. The Hall–Kier alpha value is -3.65. The second-order valence-corrected chi connectivity index (χ2v) is 8.74. The highest BCUT2D eigenvalue weighted by Gasteiger charge is 2.20. The minimum Gasteiger partial charge on any atom is -0.468 e. The molecule has 0 aliphatic carbocycles. The molecule has 0 aliphatic rings. The van der Waals surface area contributed by atoms with Crippen LogP contribution in [0.3, 0.4) is 0 Å². The van der Waals surface area contributed by atoms with Gasteiger partial charge in [-0.2, -0.15) is 5.10 Å². The molecule has 5 rings (SSSR count). The first-order valence-corrected chi connectivity index (χ1v) is 11.2. The number of aromatic nitrogens is 6. The van der Waals surface area contributed by atoms with Gasteiger partial charge in [-0.15, -0.1) is 11.3 Å². The molecular formula is C24H22N6OS. The van der Waals surface area contributed by atoms with E-state index in [-0.39, 0.29) is 6.10 Å². The maximum absolute atomic E-state index is 6.25. The number of hydrogen-bond donors (Lipinski definition) is 0. The van der Waals surface area contributed by atoms with E-state index in [1.54, 1.807) is 22.3 Å². The van der Waals surface area contributed by atoms with Crippen LogP contribution in [0.25, 0.3) is 33.5 Å². The molecule has 1 aromatic carbocycles. The zero-order valence-electron chi connectivity index (χ0n) is 18.3. The summed E-state index contributed by atoms with van der Waals surface area (Å²) in [6.07, 6.45) is 3.33. The summed E-state index contributed by atoms with van der Waals surface area (Å²) in [5.41, 5.74) is 8.62. The molecule has 4 heterocycles. The van der Waals surface area contributed by atoms with Crippen LogP contribution in [0.4, 0.5) is 0 Å². The second kappa shape index (κ2) is 8.12. The molecule has 8 heteroatoms. The minimum absolute atomic E-state index is 0.212. The standard InChI is InChI=1S/C24H22N6OS/c1-14-10-19-23(28-24(14)31-15(2)20-16(3)32-13-27-20)22(26-12-25-19)18-11-30(4)29-21(18)17-8-6-5-7-9-17/h5-13,15H,1-4H3.